The molecule has 1 aliphatic rings. The molecule has 0 unspecified atom stereocenters. The van der Waals surface area contributed by atoms with Gasteiger partial charge in [0.25, 0.3) is 11.8 Å². The van der Waals surface area contributed by atoms with Gasteiger partial charge >= 0.3 is 0 Å². The number of likely N-dealkylation sites (N-methyl/N-ethyl adjacent to an activating group) is 1. The summed E-state index contributed by atoms with van der Waals surface area (Å²) in [7, 11) is 2.07. The van der Waals surface area contributed by atoms with Gasteiger partial charge in [0.05, 0.1) is 0 Å². The van der Waals surface area contributed by atoms with Crippen LogP contribution < -0.4 is 5.32 Å². The first-order valence-corrected chi connectivity index (χ1v) is 8.94. The molecular weight excluding hydrogens is 326 g/mol. The molecule has 5 nitrogen and oxygen atoms in total. The third-order valence-electron chi connectivity index (χ3n) is 4.72. The van der Waals surface area contributed by atoms with Crippen LogP contribution in [0.5, 0.6) is 0 Å². The third-order valence-corrected chi connectivity index (χ3v) is 4.72. The molecule has 2 amide bonds. The number of benzene rings is 2. The molecule has 0 saturated carbocycles. The number of carbonyl (C=O) groups excluding carboxylic acids is 2. The molecular formula is C21H25N3O2. The van der Waals surface area contributed by atoms with Crippen molar-refractivity contribution in [1.29, 1.82) is 0 Å². The highest BCUT2D eigenvalue weighted by molar-refractivity contribution is 5.95. The number of rotatable bonds is 4. The molecule has 0 aliphatic carbocycles. The molecule has 0 aromatic heterocycles. The lowest BCUT2D eigenvalue weighted by Gasteiger charge is -2.32. The van der Waals surface area contributed by atoms with E-state index in [-0.39, 0.29) is 11.8 Å². The van der Waals surface area contributed by atoms with Crippen LogP contribution in [-0.4, -0.2) is 54.8 Å². The van der Waals surface area contributed by atoms with Crippen molar-refractivity contribution in [3.8, 4) is 0 Å². The molecule has 0 bridgehead atoms. The molecule has 0 radical (unpaired) electrons. The number of nitrogens with zero attached hydrogens (tertiary/aromatic N) is 2. The second-order valence-electron chi connectivity index (χ2n) is 6.84. The minimum Gasteiger partial charge on any atom is -0.348 e. The molecule has 0 spiro atoms. The topological polar surface area (TPSA) is 52.7 Å². The summed E-state index contributed by atoms with van der Waals surface area (Å²) in [5.41, 5.74) is 3.39. The van der Waals surface area contributed by atoms with Gasteiger partial charge in [0, 0.05) is 43.9 Å². The number of hydrogen-bond donors (Lipinski definition) is 1. The van der Waals surface area contributed by atoms with Gasteiger partial charge in [-0.1, -0.05) is 29.8 Å². The maximum absolute atomic E-state index is 12.5. The molecule has 5 heteroatoms. The highest BCUT2D eigenvalue weighted by atomic mass is 16.2. The van der Waals surface area contributed by atoms with Gasteiger partial charge in [0.1, 0.15) is 0 Å². The van der Waals surface area contributed by atoms with Gasteiger partial charge in [-0.3, -0.25) is 9.59 Å². The standard InChI is InChI=1S/C21H25N3O2/c1-16-4-3-5-19(14-16)20(25)22-15-17-6-8-18(9-7-17)21(26)24-12-10-23(2)11-13-24/h3-9,14H,10-13,15H2,1-2H3,(H,22,25). The Morgan fingerprint density at radius 3 is 2.31 bits per heavy atom. The average molecular weight is 351 g/mol. The Hall–Kier alpha value is -2.66. The van der Waals surface area contributed by atoms with Crippen molar-refractivity contribution in [3.63, 3.8) is 0 Å². The van der Waals surface area contributed by atoms with Crippen molar-refractivity contribution in [1.82, 2.24) is 15.1 Å². The quantitative estimate of drug-likeness (QED) is 0.920. The van der Waals surface area contributed by atoms with Crippen LogP contribution in [0.4, 0.5) is 0 Å². The van der Waals surface area contributed by atoms with Gasteiger partial charge in [-0.05, 0) is 43.8 Å². The Morgan fingerprint density at radius 1 is 0.962 bits per heavy atom. The Morgan fingerprint density at radius 2 is 1.65 bits per heavy atom. The van der Waals surface area contributed by atoms with E-state index in [0.29, 0.717) is 17.7 Å². The van der Waals surface area contributed by atoms with Crippen LogP contribution in [0, 0.1) is 6.92 Å². The first-order valence-electron chi connectivity index (χ1n) is 8.94. The number of nitrogens with one attached hydrogen (secondary N) is 1. The molecule has 1 fully saturated rings. The van der Waals surface area contributed by atoms with Crippen LogP contribution in [0.15, 0.2) is 48.5 Å². The summed E-state index contributed by atoms with van der Waals surface area (Å²) in [5.74, 6) is -0.0141. The Labute approximate surface area is 154 Å². The minimum absolute atomic E-state index is 0.0773. The van der Waals surface area contributed by atoms with E-state index in [4.69, 9.17) is 0 Å². The normalized spacial score (nSPS) is 14.9. The highest BCUT2D eigenvalue weighted by Crippen LogP contribution is 2.10. The lowest BCUT2D eigenvalue weighted by Crippen LogP contribution is -2.47. The lowest BCUT2D eigenvalue weighted by molar-refractivity contribution is 0.0664. The zero-order valence-corrected chi connectivity index (χ0v) is 15.4. The van der Waals surface area contributed by atoms with E-state index >= 15 is 0 Å². The number of aryl methyl sites for hydroxylation is 1. The minimum atomic E-state index is -0.0914. The summed E-state index contributed by atoms with van der Waals surface area (Å²) >= 11 is 0. The van der Waals surface area contributed by atoms with Gasteiger partial charge in [0.15, 0.2) is 0 Å². The van der Waals surface area contributed by atoms with Gasteiger partial charge < -0.3 is 15.1 Å². The third kappa shape index (κ3) is 4.49. The van der Waals surface area contributed by atoms with Crippen molar-refractivity contribution < 1.29 is 9.59 Å². The fourth-order valence-electron chi connectivity index (χ4n) is 3.03. The van der Waals surface area contributed by atoms with E-state index in [9.17, 15) is 9.59 Å². The molecule has 2 aromatic rings. The van der Waals surface area contributed by atoms with Crippen molar-refractivity contribution in [2.75, 3.05) is 33.2 Å². The average Bonchev–Trinajstić information content (AvgIpc) is 2.66. The first kappa shape index (κ1) is 18.1. The SMILES string of the molecule is Cc1cccc(C(=O)NCc2ccc(C(=O)N3CCN(C)CC3)cc2)c1. The Balaban J connectivity index is 1.56. The molecule has 2 aromatic carbocycles. The van der Waals surface area contributed by atoms with Gasteiger partial charge in [-0.25, -0.2) is 0 Å². The van der Waals surface area contributed by atoms with E-state index in [1.807, 2.05) is 54.3 Å². The smallest absolute Gasteiger partial charge is 0.253 e. The summed E-state index contributed by atoms with van der Waals surface area (Å²) in [5, 5.41) is 2.92. The van der Waals surface area contributed by atoms with Crippen molar-refractivity contribution in [2.45, 2.75) is 13.5 Å². The van der Waals surface area contributed by atoms with Gasteiger partial charge in [-0.2, -0.15) is 0 Å². The van der Waals surface area contributed by atoms with Gasteiger partial charge in [-0.15, -0.1) is 0 Å². The summed E-state index contributed by atoms with van der Waals surface area (Å²) in [6, 6.07) is 15.0. The predicted molar refractivity (Wildman–Crippen MR) is 102 cm³/mol. The van der Waals surface area contributed by atoms with Crippen LogP contribution in [0.25, 0.3) is 0 Å². The number of amides is 2. The second-order valence-corrected chi connectivity index (χ2v) is 6.84. The van der Waals surface area contributed by atoms with Crippen LogP contribution in [0.3, 0.4) is 0 Å². The van der Waals surface area contributed by atoms with Gasteiger partial charge in [0.2, 0.25) is 0 Å². The molecule has 1 saturated heterocycles. The van der Waals surface area contributed by atoms with Crippen LogP contribution in [0.2, 0.25) is 0 Å². The van der Waals surface area contributed by atoms with E-state index in [1.54, 1.807) is 6.07 Å². The molecule has 136 valence electrons. The fourth-order valence-corrected chi connectivity index (χ4v) is 3.03. The lowest BCUT2D eigenvalue weighted by atomic mass is 10.1. The zero-order valence-electron chi connectivity index (χ0n) is 15.4. The van der Waals surface area contributed by atoms with Crippen LogP contribution in [-0.2, 0) is 6.54 Å². The Kier molecular flexibility index (Phi) is 5.68. The first-order chi connectivity index (χ1) is 12.5. The fraction of sp³-hybridized carbons (Fsp3) is 0.333. The largest absolute Gasteiger partial charge is 0.348 e. The number of hydrogen-bond acceptors (Lipinski definition) is 3. The summed E-state index contributed by atoms with van der Waals surface area (Å²) in [4.78, 5) is 28.9. The molecule has 0 atom stereocenters. The van der Waals surface area contributed by atoms with Crippen LogP contribution in [0.1, 0.15) is 31.8 Å². The van der Waals surface area contributed by atoms with Crippen LogP contribution >= 0.6 is 0 Å². The van der Waals surface area contributed by atoms with Crippen molar-refractivity contribution >= 4 is 11.8 Å². The number of carbonyl (C=O) groups is 2. The maximum atomic E-state index is 12.5. The maximum Gasteiger partial charge on any atom is 0.253 e. The van der Waals surface area contributed by atoms with E-state index in [2.05, 4.69) is 17.3 Å². The summed E-state index contributed by atoms with van der Waals surface area (Å²) in [6.07, 6.45) is 0. The van der Waals surface area contributed by atoms with Crippen molar-refractivity contribution in [2.24, 2.45) is 0 Å². The van der Waals surface area contributed by atoms with E-state index in [0.717, 1.165) is 37.3 Å². The summed E-state index contributed by atoms with van der Waals surface area (Å²) in [6.45, 7) is 5.76. The highest BCUT2D eigenvalue weighted by Gasteiger charge is 2.20. The summed E-state index contributed by atoms with van der Waals surface area (Å²) < 4.78 is 0. The monoisotopic (exact) mass is 351 g/mol. The predicted octanol–water partition coefficient (Wildman–Crippen LogP) is 2.31. The zero-order chi connectivity index (χ0) is 18.5. The molecule has 1 heterocycles. The number of piperazine rings is 1. The van der Waals surface area contributed by atoms with E-state index < -0.39 is 0 Å². The molecule has 1 aliphatic heterocycles. The second kappa shape index (κ2) is 8.15. The molecule has 26 heavy (non-hydrogen) atoms. The van der Waals surface area contributed by atoms with E-state index in [1.165, 1.54) is 0 Å². The van der Waals surface area contributed by atoms with Crippen molar-refractivity contribution in [3.05, 3.63) is 70.8 Å². The molecule has 3 rings (SSSR count). The molecule has 1 N–H and O–H groups in total. The Bertz CT molecular complexity index is 778.